The van der Waals surface area contributed by atoms with Crippen molar-refractivity contribution in [1.82, 2.24) is 4.90 Å². The molecule has 1 aliphatic rings. The molecule has 0 aliphatic carbocycles. The van der Waals surface area contributed by atoms with E-state index in [2.05, 4.69) is 0 Å². The molecule has 1 unspecified atom stereocenters. The average Bonchev–Trinajstić information content (AvgIpc) is 3.19. The lowest BCUT2D eigenvalue weighted by Crippen LogP contribution is -2.30. The van der Waals surface area contributed by atoms with Gasteiger partial charge >= 0.3 is 0 Å². The second kappa shape index (κ2) is 6.59. The second-order valence-electron chi connectivity index (χ2n) is 6.09. The normalized spacial score (nSPS) is 17.2. The smallest absolute Gasteiger partial charge is 0.257 e. The van der Waals surface area contributed by atoms with Crippen molar-refractivity contribution in [2.24, 2.45) is 0 Å². The molecule has 0 radical (unpaired) electrons. The van der Waals surface area contributed by atoms with Crippen LogP contribution in [0.25, 0.3) is 0 Å². The zero-order valence-corrected chi connectivity index (χ0v) is 14.6. The van der Waals surface area contributed by atoms with E-state index in [0.717, 1.165) is 42.2 Å². The van der Waals surface area contributed by atoms with E-state index in [9.17, 15) is 4.79 Å². The molecule has 1 aromatic carbocycles. The third kappa shape index (κ3) is 2.86. The molecule has 1 saturated heterocycles. The van der Waals surface area contributed by atoms with E-state index in [-0.39, 0.29) is 11.9 Å². The molecule has 0 saturated carbocycles. The average molecular weight is 329 g/mol. The maximum absolute atomic E-state index is 13.0. The highest BCUT2D eigenvalue weighted by Gasteiger charge is 2.33. The van der Waals surface area contributed by atoms with Gasteiger partial charge in [-0.05, 0) is 44.9 Å². The van der Waals surface area contributed by atoms with Crippen LogP contribution in [0.15, 0.2) is 28.7 Å². The summed E-state index contributed by atoms with van der Waals surface area (Å²) in [6.07, 6.45) is 1.89. The number of likely N-dealkylation sites (tertiary alicyclic amines) is 1. The van der Waals surface area contributed by atoms with Gasteiger partial charge in [0.2, 0.25) is 0 Å². The van der Waals surface area contributed by atoms with Gasteiger partial charge in [0.05, 0.1) is 25.8 Å². The van der Waals surface area contributed by atoms with E-state index in [4.69, 9.17) is 13.9 Å². The molecule has 2 heterocycles. The molecule has 3 rings (SSSR count). The van der Waals surface area contributed by atoms with E-state index >= 15 is 0 Å². The number of amides is 1. The quantitative estimate of drug-likeness (QED) is 0.854. The molecule has 2 aromatic rings. The zero-order chi connectivity index (χ0) is 17.3. The van der Waals surface area contributed by atoms with Crippen LogP contribution in [-0.2, 0) is 0 Å². The van der Waals surface area contributed by atoms with Crippen LogP contribution >= 0.6 is 0 Å². The number of carbonyl (C=O) groups excluding carboxylic acids is 1. The first kappa shape index (κ1) is 16.4. The topological polar surface area (TPSA) is 51.9 Å². The molecule has 0 N–H and O–H groups in total. The molecule has 0 spiro atoms. The number of furan rings is 1. The van der Waals surface area contributed by atoms with Gasteiger partial charge in [-0.25, -0.2) is 0 Å². The number of benzene rings is 1. The van der Waals surface area contributed by atoms with Gasteiger partial charge in [0.25, 0.3) is 5.91 Å². The Morgan fingerprint density at radius 1 is 1.21 bits per heavy atom. The Bertz CT molecular complexity index is 750. The van der Waals surface area contributed by atoms with Crippen LogP contribution in [0, 0.1) is 13.8 Å². The molecule has 1 atom stereocenters. The van der Waals surface area contributed by atoms with Crippen LogP contribution in [-0.4, -0.2) is 31.6 Å². The fourth-order valence-electron chi connectivity index (χ4n) is 3.42. The van der Waals surface area contributed by atoms with Crippen LogP contribution in [0.2, 0.25) is 0 Å². The summed E-state index contributed by atoms with van der Waals surface area (Å²) in [5.74, 6) is 2.94. The molecular weight excluding hydrogens is 306 g/mol. The van der Waals surface area contributed by atoms with Crippen LogP contribution < -0.4 is 9.47 Å². The van der Waals surface area contributed by atoms with Gasteiger partial charge in [-0.2, -0.15) is 0 Å². The Balaban J connectivity index is 1.93. The van der Waals surface area contributed by atoms with Crippen molar-refractivity contribution in [3.05, 3.63) is 46.9 Å². The number of carbonyl (C=O) groups is 1. The van der Waals surface area contributed by atoms with E-state index in [1.54, 1.807) is 14.2 Å². The number of nitrogens with zero attached hydrogens (tertiary/aromatic N) is 1. The lowest BCUT2D eigenvalue weighted by atomic mass is 10.0. The first-order valence-electron chi connectivity index (χ1n) is 8.15. The van der Waals surface area contributed by atoms with Crippen molar-refractivity contribution < 1.29 is 18.7 Å². The molecule has 1 amide bonds. The van der Waals surface area contributed by atoms with Crippen LogP contribution in [0.4, 0.5) is 0 Å². The minimum Gasteiger partial charge on any atom is -0.497 e. The Hall–Kier alpha value is -2.43. The number of methoxy groups -OCH3 is 2. The Kier molecular flexibility index (Phi) is 4.51. The minimum atomic E-state index is 0.00737. The van der Waals surface area contributed by atoms with Crippen LogP contribution in [0.1, 0.15) is 46.3 Å². The Morgan fingerprint density at radius 2 is 2.00 bits per heavy atom. The minimum absolute atomic E-state index is 0.00737. The summed E-state index contributed by atoms with van der Waals surface area (Å²) in [6, 6.07) is 7.59. The monoisotopic (exact) mass is 329 g/mol. The van der Waals surface area contributed by atoms with Crippen molar-refractivity contribution in [1.29, 1.82) is 0 Å². The van der Waals surface area contributed by atoms with E-state index in [0.29, 0.717) is 11.3 Å². The Labute approximate surface area is 142 Å². The fourth-order valence-corrected chi connectivity index (χ4v) is 3.42. The molecule has 5 nitrogen and oxygen atoms in total. The standard InChI is InChI=1S/C19H23NO4/c1-12-10-16(13(2)24-12)19(21)20-9-5-6-17(20)15-8-7-14(22-3)11-18(15)23-4/h7-8,10-11,17H,5-6,9H2,1-4H3. The van der Waals surface area contributed by atoms with E-state index in [1.807, 2.05) is 43.0 Å². The van der Waals surface area contributed by atoms with E-state index in [1.165, 1.54) is 0 Å². The number of hydrogen-bond donors (Lipinski definition) is 0. The summed E-state index contributed by atoms with van der Waals surface area (Å²) < 4.78 is 16.3. The van der Waals surface area contributed by atoms with Gasteiger partial charge in [-0.1, -0.05) is 0 Å². The summed E-state index contributed by atoms with van der Waals surface area (Å²) in [5.41, 5.74) is 1.66. The van der Waals surface area contributed by atoms with Gasteiger partial charge in [0, 0.05) is 18.2 Å². The third-order valence-corrected chi connectivity index (χ3v) is 4.58. The summed E-state index contributed by atoms with van der Waals surface area (Å²) in [5, 5.41) is 0. The van der Waals surface area contributed by atoms with Gasteiger partial charge in [0.15, 0.2) is 0 Å². The summed E-state index contributed by atoms with van der Waals surface area (Å²) in [6.45, 7) is 4.43. The molecule has 1 aliphatic heterocycles. The number of rotatable bonds is 4. The van der Waals surface area contributed by atoms with Crippen molar-refractivity contribution in [3.63, 3.8) is 0 Å². The van der Waals surface area contributed by atoms with Crippen molar-refractivity contribution >= 4 is 5.91 Å². The number of hydrogen-bond acceptors (Lipinski definition) is 4. The van der Waals surface area contributed by atoms with Crippen LogP contribution in [0.3, 0.4) is 0 Å². The molecule has 0 bridgehead atoms. The van der Waals surface area contributed by atoms with Crippen LogP contribution in [0.5, 0.6) is 11.5 Å². The molecule has 5 heteroatoms. The highest BCUT2D eigenvalue weighted by Crippen LogP contribution is 2.39. The predicted octanol–water partition coefficient (Wildman–Crippen LogP) is 3.89. The van der Waals surface area contributed by atoms with Crippen molar-refractivity contribution in [2.45, 2.75) is 32.7 Å². The summed E-state index contributed by atoms with van der Waals surface area (Å²) in [7, 11) is 3.27. The number of aryl methyl sites for hydroxylation is 2. The lowest BCUT2D eigenvalue weighted by Gasteiger charge is -2.26. The molecule has 24 heavy (non-hydrogen) atoms. The first-order chi connectivity index (χ1) is 11.5. The highest BCUT2D eigenvalue weighted by atomic mass is 16.5. The first-order valence-corrected chi connectivity index (χ1v) is 8.15. The summed E-state index contributed by atoms with van der Waals surface area (Å²) >= 11 is 0. The molecule has 1 aromatic heterocycles. The number of ether oxygens (including phenoxy) is 2. The molecular formula is C19H23NO4. The zero-order valence-electron chi connectivity index (χ0n) is 14.6. The maximum Gasteiger partial charge on any atom is 0.257 e. The maximum atomic E-state index is 13.0. The summed E-state index contributed by atoms with van der Waals surface area (Å²) in [4.78, 5) is 14.9. The van der Waals surface area contributed by atoms with E-state index < -0.39 is 0 Å². The fraction of sp³-hybridized carbons (Fsp3) is 0.421. The molecule has 1 fully saturated rings. The predicted molar refractivity (Wildman–Crippen MR) is 90.7 cm³/mol. The molecule has 128 valence electrons. The second-order valence-corrected chi connectivity index (χ2v) is 6.09. The SMILES string of the molecule is COc1ccc(C2CCCN2C(=O)c2cc(C)oc2C)c(OC)c1. The van der Waals surface area contributed by atoms with Crippen molar-refractivity contribution in [3.8, 4) is 11.5 Å². The van der Waals surface area contributed by atoms with Gasteiger partial charge in [0.1, 0.15) is 23.0 Å². The lowest BCUT2D eigenvalue weighted by molar-refractivity contribution is 0.0732. The third-order valence-electron chi connectivity index (χ3n) is 4.58. The largest absolute Gasteiger partial charge is 0.497 e. The van der Waals surface area contributed by atoms with Crippen molar-refractivity contribution in [2.75, 3.05) is 20.8 Å². The van der Waals surface area contributed by atoms with Gasteiger partial charge < -0.3 is 18.8 Å². The Morgan fingerprint density at radius 3 is 2.62 bits per heavy atom. The highest BCUT2D eigenvalue weighted by molar-refractivity contribution is 5.95. The van der Waals surface area contributed by atoms with Gasteiger partial charge in [-0.3, -0.25) is 4.79 Å². The van der Waals surface area contributed by atoms with Gasteiger partial charge in [-0.15, -0.1) is 0 Å².